The Morgan fingerprint density at radius 3 is 2.48 bits per heavy atom. The highest BCUT2D eigenvalue weighted by Crippen LogP contribution is 2.20. The highest BCUT2D eigenvalue weighted by Gasteiger charge is 2.22. The van der Waals surface area contributed by atoms with E-state index in [4.69, 9.17) is 5.73 Å². The van der Waals surface area contributed by atoms with Crippen LogP contribution in [0.3, 0.4) is 0 Å². The second-order valence-corrected chi connectivity index (χ2v) is 6.69. The van der Waals surface area contributed by atoms with E-state index in [1.807, 2.05) is 19.0 Å². The monoisotopic (exact) mass is 321 g/mol. The number of hydrogen-bond donors (Lipinski definition) is 2. The minimum Gasteiger partial charge on any atom is -0.326 e. The van der Waals surface area contributed by atoms with Crippen LogP contribution >= 0.6 is 0 Å². The van der Waals surface area contributed by atoms with E-state index in [1.165, 1.54) is 0 Å². The van der Waals surface area contributed by atoms with E-state index in [0.717, 1.165) is 25.1 Å². The molecule has 0 bridgehead atoms. The van der Waals surface area contributed by atoms with Crippen molar-refractivity contribution in [3.63, 3.8) is 0 Å². The molecule has 21 heavy (non-hydrogen) atoms. The largest absolute Gasteiger partial charge is 0.326 e. The van der Waals surface area contributed by atoms with Crippen LogP contribution in [-0.2, 0) is 16.6 Å². The Hall–Kier alpha value is -1.09. The lowest BCUT2D eigenvalue weighted by molar-refractivity contribution is 0.394. The molecule has 0 aliphatic rings. The first-order valence-electron chi connectivity index (χ1n) is 6.61. The third-order valence-corrected chi connectivity index (χ3v) is 4.45. The summed E-state index contributed by atoms with van der Waals surface area (Å²) in [6.07, 6.45) is 1.44. The Morgan fingerprint density at radius 1 is 1.24 bits per heavy atom. The molecule has 0 amide bonds. The van der Waals surface area contributed by atoms with Crippen molar-refractivity contribution in [3.05, 3.63) is 29.3 Å². The molecular weight excluding hydrogens is 300 g/mol. The van der Waals surface area contributed by atoms with Gasteiger partial charge in [-0.3, -0.25) is 0 Å². The number of hydrogen-bond acceptors (Lipinski definition) is 4. The highest BCUT2D eigenvalue weighted by molar-refractivity contribution is 7.89. The fourth-order valence-corrected chi connectivity index (χ4v) is 2.98. The lowest BCUT2D eigenvalue weighted by Gasteiger charge is -2.11. The van der Waals surface area contributed by atoms with Gasteiger partial charge in [0.2, 0.25) is 10.0 Å². The molecule has 1 aromatic rings. The molecule has 0 saturated carbocycles. The molecule has 0 aliphatic heterocycles. The zero-order valence-electron chi connectivity index (χ0n) is 12.2. The van der Waals surface area contributed by atoms with Gasteiger partial charge in [0.25, 0.3) is 0 Å². The van der Waals surface area contributed by atoms with Gasteiger partial charge in [-0.25, -0.2) is 21.9 Å². The van der Waals surface area contributed by atoms with Crippen molar-refractivity contribution in [1.82, 2.24) is 9.62 Å². The Kier molecular flexibility index (Phi) is 6.66. The van der Waals surface area contributed by atoms with Crippen LogP contribution in [0.15, 0.2) is 17.0 Å². The summed E-state index contributed by atoms with van der Waals surface area (Å²) in [7, 11) is -0.156. The van der Waals surface area contributed by atoms with Crippen LogP contribution in [0.4, 0.5) is 8.78 Å². The van der Waals surface area contributed by atoms with Gasteiger partial charge in [-0.2, -0.15) is 0 Å². The zero-order valence-corrected chi connectivity index (χ0v) is 13.0. The average molecular weight is 321 g/mol. The van der Waals surface area contributed by atoms with E-state index in [-0.39, 0.29) is 6.54 Å². The molecule has 3 N–H and O–H groups in total. The van der Waals surface area contributed by atoms with Gasteiger partial charge < -0.3 is 10.6 Å². The summed E-state index contributed by atoms with van der Waals surface area (Å²) in [5, 5.41) is 0. The summed E-state index contributed by atoms with van der Waals surface area (Å²) in [5.41, 5.74) is 4.81. The van der Waals surface area contributed by atoms with Gasteiger partial charge in [-0.1, -0.05) is 0 Å². The van der Waals surface area contributed by atoms with Crippen LogP contribution in [0.1, 0.15) is 18.4 Å². The Balaban J connectivity index is 2.75. The van der Waals surface area contributed by atoms with Crippen LogP contribution in [0.2, 0.25) is 0 Å². The van der Waals surface area contributed by atoms with Gasteiger partial charge in [0.05, 0.1) is 0 Å². The Labute approximate surface area is 124 Å². The number of nitrogens with two attached hydrogens (primary N) is 1. The van der Waals surface area contributed by atoms with Crippen molar-refractivity contribution in [3.8, 4) is 0 Å². The maximum atomic E-state index is 14.0. The molecule has 8 heteroatoms. The minimum atomic E-state index is -4.00. The summed E-state index contributed by atoms with van der Waals surface area (Å²) in [6.45, 7) is 0.638. The molecule has 0 aliphatic carbocycles. The van der Waals surface area contributed by atoms with E-state index < -0.39 is 38.7 Å². The fraction of sp³-hybridized carbons (Fsp3) is 0.538. The van der Waals surface area contributed by atoms with E-state index in [1.54, 1.807) is 0 Å². The maximum absolute atomic E-state index is 14.0. The number of sulfonamides is 1. The fourth-order valence-electron chi connectivity index (χ4n) is 1.81. The third-order valence-electron chi connectivity index (χ3n) is 2.97. The standard InChI is InChI=1S/C13H21F2N3O2S/c1-18(2)8-4-3-7-17-21(19,20)12-6-5-11(14)10(9-16)13(12)15/h5-6,17H,3-4,7-9,16H2,1-2H3. The van der Waals surface area contributed by atoms with Gasteiger partial charge in [0.15, 0.2) is 5.82 Å². The number of halogens is 2. The van der Waals surface area contributed by atoms with E-state index >= 15 is 0 Å². The van der Waals surface area contributed by atoms with Gasteiger partial charge in [-0.15, -0.1) is 0 Å². The van der Waals surface area contributed by atoms with Crippen LogP contribution < -0.4 is 10.5 Å². The molecule has 0 saturated heterocycles. The predicted octanol–water partition coefficient (Wildman–Crippen LogP) is 1.04. The average Bonchev–Trinajstić information content (AvgIpc) is 2.38. The molecule has 1 aromatic carbocycles. The summed E-state index contributed by atoms with van der Waals surface area (Å²) in [6, 6.07) is 1.82. The van der Waals surface area contributed by atoms with Crippen molar-refractivity contribution in [1.29, 1.82) is 0 Å². The number of nitrogens with one attached hydrogen (secondary N) is 1. The SMILES string of the molecule is CN(C)CCCCNS(=O)(=O)c1ccc(F)c(CN)c1F. The Morgan fingerprint density at radius 2 is 1.90 bits per heavy atom. The second kappa shape index (κ2) is 7.79. The normalized spacial score (nSPS) is 12.1. The van der Waals surface area contributed by atoms with Crippen LogP contribution in [-0.4, -0.2) is 40.5 Å². The highest BCUT2D eigenvalue weighted by atomic mass is 32.2. The first kappa shape index (κ1) is 18.0. The van der Waals surface area contributed by atoms with Crippen molar-refractivity contribution >= 4 is 10.0 Å². The Bertz CT molecular complexity index is 577. The third kappa shape index (κ3) is 4.99. The first-order chi connectivity index (χ1) is 9.79. The van der Waals surface area contributed by atoms with E-state index in [2.05, 4.69) is 4.72 Å². The number of unbranched alkanes of at least 4 members (excludes halogenated alkanes) is 1. The van der Waals surface area contributed by atoms with Crippen LogP contribution in [0, 0.1) is 11.6 Å². The smallest absolute Gasteiger partial charge is 0.243 e. The number of benzene rings is 1. The van der Waals surface area contributed by atoms with Gasteiger partial charge in [-0.05, 0) is 45.6 Å². The minimum absolute atomic E-state index is 0.199. The molecular formula is C13H21F2N3O2S. The molecule has 0 aromatic heterocycles. The molecule has 0 spiro atoms. The van der Waals surface area contributed by atoms with Crippen LogP contribution in [0.5, 0.6) is 0 Å². The van der Waals surface area contributed by atoms with Crippen molar-refractivity contribution < 1.29 is 17.2 Å². The van der Waals surface area contributed by atoms with Crippen molar-refractivity contribution in [2.75, 3.05) is 27.2 Å². The zero-order chi connectivity index (χ0) is 16.0. The second-order valence-electron chi connectivity index (χ2n) is 4.95. The molecule has 5 nitrogen and oxygen atoms in total. The van der Waals surface area contributed by atoms with Crippen LogP contribution in [0.25, 0.3) is 0 Å². The van der Waals surface area contributed by atoms with Gasteiger partial charge >= 0.3 is 0 Å². The molecule has 120 valence electrons. The first-order valence-corrected chi connectivity index (χ1v) is 8.09. The summed E-state index contributed by atoms with van der Waals surface area (Å²) in [5.74, 6) is -1.97. The van der Waals surface area contributed by atoms with E-state index in [0.29, 0.717) is 6.42 Å². The quantitative estimate of drug-likeness (QED) is 0.702. The topological polar surface area (TPSA) is 75.4 Å². The number of rotatable bonds is 8. The van der Waals surface area contributed by atoms with Crippen molar-refractivity contribution in [2.24, 2.45) is 5.73 Å². The predicted molar refractivity (Wildman–Crippen MR) is 77.2 cm³/mol. The number of nitrogens with zero attached hydrogens (tertiary/aromatic N) is 1. The maximum Gasteiger partial charge on any atom is 0.243 e. The molecule has 1 rings (SSSR count). The van der Waals surface area contributed by atoms with Gasteiger partial charge in [0.1, 0.15) is 10.7 Å². The summed E-state index contributed by atoms with van der Waals surface area (Å²) in [4.78, 5) is 1.42. The molecule has 0 atom stereocenters. The van der Waals surface area contributed by atoms with Gasteiger partial charge in [0, 0.05) is 18.7 Å². The molecule has 0 radical (unpaired) electrons. The summed E-state index contributed by atoms with van der Waals surface area (Å²) < 4.78 is 53.6. The lowest BCUT2D eigenvalue weighted by atomic mass is 10.2. The molecule has 0 fully saturated rings. The van der Waals surface area contributed by atoms with Crippen molar-refractivity contribution in [2.45, 2.75) is 24.3 Å². The molecule has 0 unspecified atom stereocenters. The lowest BCUT2D eigenvalue weighted by Crippen LogP contribution is -2.27. The van der Waals surface area contributed by atoms with E-state index in [9.17, 15) is 17.2 Å². The summed E-state index contributed by atoms with van der Waals surface area (Å²) >= 11 is 0. The molecule has 0 heterocycles.